The molecule has 14 heavy (non-hydrogen) atoms. The minimum Gasteiger partial charge on any atom is -0.434 e. The van der Waals surface area contributed by atoms with Gasteiger partial charge in [0.25, 0.3) is 0 Å². The van der Waals surface area contributed by atoms with Crippen LogP contribution in [-0.2, 0) is 9.47 Å². The summed E-state index contributed by atoms with van der Waals surface area (Å²) in [6.07, 6.45) is 2.52. The van der Waals surface area contributed by atoms with Crippen LogP contribution in [0.4, 0.5) is 4.79 Å². The molecule has 0 saturated carbocycles. The van der Waals surface area contributed by atoms with Gasteiger partial charge in [-0.25, -0.2) is 4.79 Å². The summed E-state index contributed by atoms with van der Waals surface area (Å²) < 4.78 is 9.93. The molecule has 0 aliphatic carbocycles. The molecule has 0 bridgehead atoms. The highest BCUT2D eigenvalue weighted by molar-refractivity contribution is 5.60. The smallest absolute Gasteiger partial charge is 0.434 e. The van der Waals surface area contributed by atoms with E-state index in [0.29, 0.717) is 12.5 Å². The number of rotatable bonds is 6. The second-order valence-corrected chi connectivity index (χ2v) is 3.87. The minimum atomic E-state index is -0.540. The van der Waals surface area contributed by atoms with Gasteiger partial charge in [-0.1, -0.05) is 33.6 Å². The van der Waals surface area contributed by atoms with Gasteiger partial charge in [-0.05, 0) is 19.3 Å². The molecule has 0 aromatic heterocycles. The monoisotopic (exact) mass is 202 g/mol. The molecule has 0 saturated heterocycles. The van der Waals surface area contributed by atoms with E-state index in [4.69, 9.17) is 9.47 Å². The molecule has 0 fully saturated rings. The van der Waals surface area contributed by atoms with Crippen molar-refractivity contribution in [3.8, 4) is 0 Å². The first-order valence-electron chi connectivity index (χ1n) is 5.41. The van der Waals surface area contributed by atoms with E-state index in [9.17, 15) is 4.79 Å². The molecule has 0 heterocycles. The second kappa shape index (κ2) is 7.65. The fraction of sp³-hybridized carbons (Fsp3) is 0.909. The Morgan fingerprint density at radius 1 is 1.21 bits per heavy atom. The molecule has 3 nitrogen and oxygen atoms in total. The summed E-state index contributed by atoms with van der Waals surface area (Å²) in [4.78, 5) is 11.1. The van der Waals surface area contributed by atoms with E-state index < -0.39 is 6.16 Å². The van der Waals surface area contributed by atoms with Crippen LogP contribution >= 0.6 is 0 Å². The average molecular weight is 202 g/mol. The van der Waals surface area contributed by atoms with Crippen molar-refractivity contribution in [1.29, 1.82) is 0 Å². The first kappa shape index (κ1) is 13.3. The van der Waals surface area contributed by atoms with Crippen molar-refractivity contribution in [3.63, 3.8) is 0 Å². The van der Waals surface area contributed by atoms with Crippen LogP contribution in [-0.4, -0.2) is 18.9 Å². The molecule has 0 aromatic rings. The van der Waals surface area contributed by atoms with Crippen LogP contribution in [0.5, 0.6) is 0 Å². The van der Waals surface area contributed by atoms with E-state index >= 15 is 0 Å². The lowest BCUT2D eigenvalue weighted by atomic mass is 10.1. The lowest BCUT2D eigenvalue weighted by molar-refractivity contribution is 0.0140. The molecular weight excluding hydrogens is 180 g/mol. The van der Waals surface area contributed by atoms with Gasteiger partial charge in [0.15, 0.2) is 0 Å². The average Bonchev–Trinajstić information content (AvgIpc) is 2.12. The van der Waals surface area contributed by atoms with Crippen LogP contribution < -0.4 is 0 Å². The zero-order chi connectivity index (χ0) is 11.0. The Bertz CT molecular complexity index is 155. The molecule has 0 aromatic carbocycles. The predicted molar refractivity (Wildman–Crippen MR) is 56.3 cm³/mol. The Morgan fingerprint density at radius 2 is 1.86 bits per heavy atom. The first-order chi connectivity index (χ1) is 6.57. The van der Waals surface area contributed by atoms with Crippen molar-refractivity contribution in [1.82, 2.24) is 0 Å². The molecule has 0 amide bonds. The Labute approximate surface area is 86.8 Å². The molecular formula is C11H22O3. The fourth-order valence-corrected chi connectivity index (χ4v) is 0.829. The van der Waals surface area contributed by atoms with Gasteiger partial charge in [-0.3, -0.25) is 0 Å². The molecule has 0 N–H and O–H groups in total. The summed E-state index contributed by atoms with van der Waals surface area (Å²) in [7, 11) is 0. The maximum Gasteiger partial charge on any atom is 0.508 e. The van der Waals surface area contributed by atoms with Crippen LogP contribution in [0.1, 0.15) is 47.0 Å². The van der Waals surface area contributed by atoms with Crippen molar-refractivity contribution < 1.29 is 14.3 Å². The van der Waals surface area contributed by atoms with Crippen LogP contribution in [0.15, 0.2) is 0 Å². The van der Waals surface area contributed by atoms with Crippen LogP contribution in [0.2, 0.25) is 0 Å². The number of unbranched alkanes of at least 4 members (excludes halogenated alkanes) is 2. The van der Waals surface area contributed by atoms with E-state index in [1.807, 2.05) is 20.8 Å². The molecule has 0 unspecified atom stereocenters. The van der Waals surface area contributed by atoms with E-state index in [-0.39, 0.29) is 6.10 Å². The highest BCUT2D eigenvalue weighted by Crippen LogP contribution is 2.06. The van der Waals surface area contributed by atoms with Crippen molar-refractivity contribution in [3.05, 3.63) is 0 Å². The summed E-state index contributed by atoms with van der Waals surface area (Å²) in [5, 5.41) is 0. The number of carbonyl (C=O) groups excluding carboxylic acids is 1. The van der Waals surface area contributed by atoms with Gasteiger partial charge in [0.05, 0.1) is 6.61 Å². The third kappa shape index (κ3) is 6.75. The highest BCUT2D eigenvalue weighted by Gasteiger charge is 2.13. The first-order valence-corrected chi connectivity index (χ1v) is 5.41. The summed E-state index contributed by atoms with van der Waals surface area (Å²) in [5.41, 5.74) is 0. The third-order valence-electron chi connectivity index (χ3n) is 2.19. The lowest BCUT2D eigenvalue weighted by Gasteiger charge is -2.15. The number of hydrogen-bond acceptors (Lipinski definition) is 3. The maximum atomic E-state index is 11.1. The highest BCUT2D eigenvalue weighted by atomic mass is 16.7. The summed E-state index contributed by atoms with van der Waals surface area (Å²) in [6.45, 7) is 8.47. The van der Waals surface area contributed by atoms with Crippen LogP contribution in [0.25, 0.3) is 0 Å². The van der Waals surface area contributed by atoms with Gasteiger partial charge in [0, 0.05) is 0 Å². The SMILES string of the molecule is CCCCCOC(=O)O[C@@H](C)C(C)C. The van der Waals surface area contributed by atoms with E-state index in [0.717, 1.165) is 19.3 Å². The fourth-order valence-electron chi connectivity index (χ4n) is 0.829. The summed E-state index contributed by atoms with van der Waals surface area (Å²) in [6, 6.07) is 0. The standard InChI is InChI=1S/C11H22O3/c1-5-6-7-8-13-11(12)14-10(4)9(2)3/h9-10H,5-8H2,1-4H3/t10-/m0/s1. The number of hydrogen-bond donors (Lipinski definition) is 0. The van der Waals surface area contributed by atoms with Gasteiger partial charge in [0.1, 0.15) is 6.10 Å². The van der Waals surface area contributed by atoms with Crippen LogP contribution in [0, 0.1) is 5.92 Å². The predicted octanol–water partition coefficient (Wildman–Crippen LogP) is 3.37. The van der Waals surface area contributed by atoms with Gasteiger partial charge in [-0.2, -0.15) is 0 Å². The normalized spacial score (nSPS) is 12.6. The largest absolute Gasteiger partial charge is 0.508 e. The van der Waals surface area contributed by atoms with Crippen molar-refractivity contribution >= 4 is 6.16 Å². The molecule has 0 rings (SSSR count). The van der Waals surface area contributed by atoms with Gasteiger partial charge < -0.3 is 9.47 Å². The molecule has 0 aliphatic heterocycles. The second-order valence-electron chi connectivity index (χ2n) is 3.87. The zero-order valence-corrected chi connectivity index (χ0v) is 9.71. The number of ether oxygens (including phenoxy) is 2. The lowest BCUT2D eigenvalue weighted by Crippen LogP contribution is -2.21. The van der Waals surface area contributed by atoms with Crippen molar-refractivity contribution in [2.45, 2.75) is 53.1 Å². The topological polar surface area (TPSA) is 35.5 Å². The van der Waals surface area contributed by atoms with Gasteiger partial charge in [-0.15, -0.1) is 0 Å². The Hall–Kier alpha value is -0.730. The van der Waals surface area contributed by atoms with E-state index in [1.165, 1.54) is 0 Å². The molecule has 0 aliphatic rings. The Kier molecular flexibility index (Phi) is 7.25. The molecule has 0 spiro atoms. The van der Waals surface area contributed by atoms with E-state index in [2.05, 4.69) is 6.92 Å². The Balaban J connectivity index is 3.45. The molecule has 1 atom stereocenters. The Morgan fingerprint density at radius 3 is 2.36 bits per heavy atom. The van der Waals surface area contributed by atoms with Crippen molar-refractivity contribution in [2.75, 3.05) is 6.61 Å². The van der Waals surface area contributed by atoms with Crippen molar-refractivity contribution in [2.24, 2.45) is 5.92 Å². The molecule has 84 valence electrons. The number of carbonyl (C=O) groups is 1. The van der Waals surface area contributed by atoms with Gasteiger partial charge in [0.2, 0.25) is 0 Å². The zero-order valence-electron chi connectivity index (χ0n) is 9.71. The molecule has 0 radical (unpaired) electrons. The summed E-state index contributed by atoms with van der Waals surface area (Å²) in [5.74, 6) is 0.332. The summed E-state index contributed by atoms with van der Waals surface area (Å²) >= 11 is 0. The maximum absolute atomic E-state index is 11.1. The minimum absolute atomic E-state index is 0.0753. The molecule has 3 heteroatoms. The third-order valence-corrected chi connectivity index (χ3v) is 2.19. The van der Waals surface area contributed by atoms with Crippen LogP contribution in [0.3, 0.4) is 0 Å². The van der Waals surface area contributed by atoms with Gasteiger partial charge >= 0.3 is 6.16 Å². The van der Waals surface area contributed by atoms with E-state index in [1.54, 1.807) is 0 Å². The quantitative estimate of drug-likeness (QED) is 0.489.